The average molecular weight is 467 g/mol. The molecule has 1 unspecified atom stereocenters. The molecule has 0 aliphatic rings. The summed E-state index contributed by atoms with van der Waals surface area (Å²) in [6.45, 7) is 4.90. The molecule has 2 heterocycles. The number of nitrogens with zero attached hydrogens (tertiary/aromatic N) is 3. The van der Waals surface area contributed by atoms with E-state index >= 15 is 0 Å². The number of benzene rings is 1. The van der Waals surface area contributed by atoms with Gasteiger partial charge in [-0.2, -0.15) is 0 Å². The average Bonchev–Trinajstić information content (AvgIpc) is 3.41. The number of methoxy groups -OCH3 is 1. The Morgan fingerprint density at radius 2 is 1.91 bits per heavy atom. The van der Waals surface area contributed by atoms with Gasteiger partial charge in [-0.3, -0.25) is 19.7 Å². The molecule has 3 rings (SSSR count). The van der Waals surface area contributed by atoms with Crippen molar-refractivity contribution in [2.75, 3.05) is 7.11 Å². The predicted octanol–water partition coefficient (Wildman–Crippen LogP) is 3.84. The first kappa shape index (κ1) is 24.4. The number of aromatic nitrogens is 1. The molecule has 34 heavy (non-hydrogen) atoms. The highest BCUT2D eigenvalue weighted by Crippen LogP contribution is 2.26. The van der Waals surface area contributed by atoms with E-state index in [1.54, 1.807) is 44.5 Å². The van der Waals surface area contributed by atoms with Gasteiger partial charge in [0.25, 0.3) is 11.6 Å². The van der Waals surface area contributed by atoms with Crippen molar-refractivity contribution >= 4 is 23.3 Å². The van der Waals surface area contributed by atoms with Crippen LogP contribution in [-0.4, -0.2) is 45.2 Å². The number of furan rings is 1. The molecule has 10 nitrogen and oxygen atoms in total. The summed E-state index contributed by atoms with van der Waals surface area (Å²) in [5.41, 5.74) is 1.39. The number of ether oxygens (including phenoxy) is 1. The van der Waals surface area contributed by atoms with Gasteiger partial charge in [-0.1, -0.05) is 6.07 Å². The zero-order valence-corrected chi connectivity index (χ0v) is 19.5. The molecule has 0 saturated heterocycles. The number of hydrogen-bond acceptors (Lipinski definition) is 7. The smallest absolute Gasteiger partial charge is 0.354 e. The Hall–Kier alpha value is -4.21. The summed E-state index contributed by atoms with van der Waals surface area (Å²) >= 11 is 0. The Labute approximate surface area is 195 Å². The van der Waals surface area contributed by atoms with Crippen LogP contribution in [0.3, 0.4) is 0 Å². The maximum atomic E-state index is 13.6. The van der Waals surface area contributed by atoms with E-state index in [1.807, 2.05) is 0 Å². The van der Waals surface area contributed by atoms with Crippen LogP contribution in [0, 0.1) is 24.0 Å². The molecule has 0 radical (unpaired) electrons. The molecule has 0 aliphatic heterocycles. The number of carbonyl (C=O) groups is 3. The van der Waals surface area contributed by atoms with E-state index in [2.05, 4.69) is 0 Å². The van der Waals surface area contributed by atoms with Gasteiger partial charge in [0.15, 0.2) is 5.78 Å². The van der Waals surface area contributed by atoms with Crippen molar-refractivity contribution < 1.29 is 28.5 Å². The van der Waals surface area contributed by atoms with Crippen molar-refractivity contribution in [3.05, 3.63) is 86.6 Å². The Morgan fingerprint density at radius 1 is 1.21 bits per heavy atom. The van der Waals surface area contributed by atoms with Crippen molar-refractivity contribution in [1.82, 2.24) is 9.47 Å². The first-order valence-electron chi connectivity index (χ1n) is 10.4. The summed E-state index contributed by atoms with van der Waals surface area (Å²) in [6.07, 6.45) is 1.45. The number of non-ortho nitro benzene ring substituents is 1. The number of amides is 1. The molecule has 178 valence electrons. The fraction of sp³-hybridized carbons (Fsp3) is 0.292. The van der Waals surface area contributed by atoms with E-state index in [1.165, 1.54) is 42.5 Å². The molecule has 1 aromatic carbocycles. The molecular weight excluding hydrogens is 442 g/mol. The Morgan fingerprint density at radius 3 is 2.50 bits per heavy atom. The van der Waals surface area contributed by atoms with Crippen LogP contribution in [0.25, 0.3) is 0 Å². The van der Waals surface area contributed by atoms with Gasteiger partial charge in [0.05, 0.1) is 30.9 Å². The minimum Gasteiger partial charge on any atom is -0.467 e. The lowest BCUT2D eigenvalue weighted by Gasteiger charge is -2.28. The van der Waals surface area contributed by atoms with Gasteiger partial charge in [0.1, 0.15) is 11.5 Å². The normalized spacial score (nSPS) is 11.7. The molecule has 0 bridgehead atoms. The third kappa shape index (κ3) is 4.47. The molecule has 0 aliphatic carbocycles. The van der Waals surface area contributed by atoms with Crippen molar-refractivity contribution in [2.45, 2.75) is 33.4 Å². The quantitative estimate of drug-likeness (QED) is 0.213. The van der Waals surface area contributed by atoms with Crippen LogP contribution in [0.4, 0.5) is 5.69 Å². The van der Waals surface area contributed by atoms with Gasteiger partial charge in [0.2, 0.25) is 0 Å². The van der Waals surface area contributed by atoms with Crippen LogP contribution in [0.15, 0.2) is 47.1 Å². The summed E-state index contributed by atoms with van der Waals surface area (Å²) in [4.78, 5) is 51.2. The third-order valence-electron chi connectivity index (χ3n) is 5.87. The Bertz CT molecular complexity index is 1260. The number of ketones is 1. The number of nitro benzene ring substituents is 1. The van der Waals surface area contributed by atoms with Crippen LogP contribution in [0.2, 0.25) is 0 Å². The fourth-order valence-electron chi connectivity index (χ4n) is 3.95. The number of Topliss-reactive ketones (excluding diaryl/α,β-unsaturated/α-hetero) is 1. The number of carbonyl (C=O) groups excluding carboxylic acids is 3. The highest BCUT2D eigenvalue weighted by Gasteiger charge is 2.33. The lowest BCUT2D eigenvalue weighted by atomic mass is 9.99. The van der Waals surface area contributed by atoms with E-state index in [0.29, 0.717) is 22.6 Å². The van der Waals surface area contributed by atoms with Crippen LogP contribution >= 0.6 is 0 Å². The van der Waals surface area contributed by atoms with Gasteiger partial charge >= 0.3 is 5.97 Å². The topological polar surface area (TPSA) is 125 Å². The lowest BCUT2D eigenvalue weighted by Crippen LogP contribution is -2.43. The minimum atomic E-state index is -0.970. The van der Waals surface area contributed by atoms with Crippen molar-refractivity contribution in [3.8, 4) is 0 Å². The summed E-state index contributed by atoms with van der Waals surface area (Å²) in [6, 6.07) is 7.68. The highest BCUT2D eigenvalue weighted by molar-refractivity contribution is 6.07. The SMILES string of the molecule is COC(=O)c1c(C)c(C(=O)C(C)N(Cc2ccco2)C(=O)c2cccc([N+](=O)[O-])c2)c(C)n1C. The predicted molar refractivity (Wildman–Crippen MR) is 122 cm³/mol. The Balaban J connectivity index is 2.04. The maximum absolute atomic E-state index is 13.6. The maximum Gasteiger partial charge on any atom is 0.354 e. The molecule has 0 N–H and O–H groups in total. The van der Waals surface area contributed by atoms with Gasteiger partial charge in [-0.25, -0.2) is 4.79 Å². The van der Waals surface area contributed by atoms with E-state index < -0.39 is 22.8 Å². The van der Waals surface area contributed by atoms with E-state index in [9.17, 15) is 24.5 Å². The summed E-state index contributed by atoms with van der Waals surface area (Å²) in [5.74, 6) is -1.09. The van der Waals surface area contributed by atoms with Gasteiger partial charge in [-0.15, -0.1) is 0 Å². The van der Waals surface area contributed by atoms with Crippen molar-refractivity contribution in [2.24, 2.45) is 7.05 Å². The molecule has 1 amide bonds. The van der Waals surface area contributed by atoms with Gasteiger partial charge < -0.3 is 18.6 Å². The second-order valence-corrected chi connectivity index (χ2v) is 7.84. The van der Waals surface area contributed by atoms with Crippen LogP contribution in [-0.2, 0) is 18.3 Å². The molecule has 10 heteroatoms. The third-order valence-corrected chi connectivity index (χ3v) is 5.87. The number of nitro groups is 1. The van der Waals surface area contributed by atoms with Crippen LogP contribution < -0.4 is 0 Å². The first-order chi connectivity index (χ1) is 16.1. The number of esters is 1. The number of hydrogen-bond donors (Lipinski definition) is 0. The molecule has 1 atom stereocenters. The molecule has 2 aromatic heterocycles. The van der Waals surface area contributed by atoms with Gasteiger partial charge in [-0.05, 0) is 44.5 Å². The molecule has 3 aromatic rings. The van der Waals surface area contributed by atoms with E-state index in [0.717, 1.165) is 0 Å². The van der Waals surface area contributed by atoms with Crippen molar-refractivity contribution in [1.29, 1.82) is 0 Å². The lowest BCUT2D eigenvalue weighted by molar-refractivity contribution is -0.384. The van der Waals surface area contributed by atoms with Crippen LogP contribution in [0.1, 0.15) is 55.1 Å². The second-order valence-electron chi connectivity index (χ2n) is 7.84. The van der Waals surface area contributed by atoms with Gasteiger partial charge in [0, 0.05) is 36.0 Å². The first-order valence-corrected chi connectivity index (χ1v) is 10.4. The zero-order chi connectivity index (χ0) is 25.2. The van der Waals surface area contributed by atoms with E-state index in [-0.39, 0.29) is 29.3 Å². The van der Waals surface area contributed by atoms with Crippen LogP contribution in [0.5, 0.6) is 0 Å². The molecule has 0 fully saturated rings. The molecule has 0 spiro atoms. The fourth-order valence-corrected chi connectivity index (χ4v) is 3.95. The number of rotatable bonds is 8. The molecular formula is C24H25N3O7. The summed E-state index contributed by atoms with van der Waals surface area (Å²) in [7, 11) is 2.92. The minimum absolute atomic E-state index is 0.0315. The summed E-state index contributed by atoms with van der Waals surface area (Å²) < 4.78 is 11.8. The zero-order valence-electron chi connectivity index (χ0n) is 19.5. The Kier molecular flexibility index (Phi) is 7.00. The largest absolute Gasteiger partial charge is 0.467 e. The second kappa shape index (κ2) is 9.74. The summed E-state index contributed by atoms with van der Waals surface area (Å²) in [5, 5.41) is 11.2. The monoisotopic (exact) mass is 467 g/mol. The van der Waals surface area contributed by atoms with E-state index in [4.69, 9.17) is 9.15 Å². The highest BCUT2D eigenvalue weighted by atomic mass is 16.6. The standard InChI is InChI=1S/C24H25N3O7/c1-14-20(15(2)25(4)21(14)24(30)33-5)22(28)16(3)26(13-19-10-7-11-34-19)23(29)17-8-6-9-18(12-17)27(31)32/h6-12,16H,13H2,1-5H3. The molecule has 0 saturated carbocycles. The van der Waals surface area contributed by atoms with Crippen molar-refractivity contribution in [3.63, 3.8) is 0 Å².